The summed E-state index contributed by atoms with van der Waals surface area (Å²) in [5, 5.41) is 16.0. The predicted molar refractivity (Wildman–Crippen MR) is 49.3 cm³/mol. The zero-order valence-corrected chi connectivity index (χ0v) is 8.56. The molecule has 13 heavy (non-hydrogen) atoms. The molecule has 0 aromatic rings. The Morgan fingerprint density at radius 3 is 2.23 bits per heavy atom. The quantitative estimate of drug-likeness (QED) is 0.669. The van der Waals surface area contributed by atoms with Gasteiger partial charge in [-0.1, -0.05) is 6.92 Å². The van der Waals surface area contributed by atoms with Gasteiger partial charge < -0.3 is 19.7 Å². The molecule has 1 fully saturated rings. The highest BCUT2D eigenvalue weighted by Gasteiger charge is 2.19. The highest BCUT2D eigenvalue weighted by atomic mass is 16.7. The van der Waals surface area contributed by atoms with Gasteiger partial charge in [0.05, 0.1) is 25.4 Å². The van der Waals surface area contributed by atoms with Crippen molar-refractivity contribution in [3.63, 3.8) is 0 Å². The summed E-state index contributed by atoms with van der Waals surface area (Å²) in [7, 11) is 0. The molecule has 1 rings (SSSR count). The van der Waals surface area contributed by atoms with Crippen molar-refractivity contribution < 1.29 is 19.7 Å². The van der Waals surface area contributed by atoms with E-state index in [2.05, 4.69) is 6.92 Å². The number of aliphatic hydroxyl groups excluding tert-OH is 2. The Hall–Kier alpha value is -0.160. The first-order chi connectivity index (χ1) is 6.10. The van der Waals surface area contributed by atoms with Gasteiger partial charge in [-0.25, -0.2) is 0 Å². The highest BCUT2D eigenvalue weighted by molar-refractivity contribution is 4.57. The third kappa shape index (κ3) is 6.95. The number of ether oxygens (including phenoxy) is 2. The van der Waals surface area contributed by atoms with Gasteiger partial charge in [0.25, 0.3) is 0 Å². The minimum absolute atomic E-state index is 0.0741. The van der Waals surface area contributed by atoms with Gasteiger partial charge in [0.1, 0.15) is 0 Å². The third-order valence-corrected chi connectivity index (χ3v) is 1.50. The molecule has 0 bridgehead atoms. The van der Waals surface area contributed by atoms with Crippen molar-refractivity contribution in [3.05, 3.63) is 0 Å². The fraction of sp³-hybridized carbons (Fsp3) is 1.00. The van der Waals surface area contributed by atoms with Crippen LogP contribution in [0.5, 0.6) is 0 Å². The van der Waals surface area contributed by atoms with Crippen molar-refractivity contribution in [2.24, 2.45) is 0 Å². The lowest BCUT2D eigenvalue weighted by Gasteiger charge is -2.03. The van der Waals surface area contributed by atoms with E-state index < -0.39 is 6.10 Å². The van der Waals surface area contributed by atoms with E-state index in [1.807, 2.05) is 6.92 Å². The maximum atomic E-state index is 8.11. The summed E-state index contributed by atoms with van der Waals surface area (Å²) in [6.07, 6.45) is 0.782. The topological polar surface area (TPSA) is 58.9 Å². The molecule has 3 unspecified atom stereocenters. The minimum atomic E-state index is -0.560. The van der Waals surface area contributed by atoms with Crippen molar-refractivity contribution in [1.29, 1.82) is 0 Å². The van der Waals surface area contributed by atoms with Crippen LogP contribution in [0.1, 0.15) is 27.2 Å². The second-order valence-corrected chi connectivity index (χ2v) is 3.15. The molecule has 80 valence electrons. The lowest BCUT2D eigenvalue weighted by Crippen LogP contribution is -2.06. The zero-order chi connectivity index (χ0) is 10.3. The summed E-state index contributed by atoms with van der Waals surface area (Å²) in [5.74, 6) is 0. The molecule has 2 N–H and O–H groups in total. The van der Waals surface area contributed by atoms with E-state index in [0.29, 0.717) is 6.10 Å². The van der Waals surface area contributed by atoms with Crippen molar-refractivity contribution in [3.8, 4) is 0 Å². The first-order valence-electron chi connectivity index (χ1n) is 4.66. The molecule has 1 aliphatic heterocycles. The molecule has 0 aliphatic carbocycles. The summed E-state index contributed by atoms with van der Waals surface area (Å²) >= 11 is 0. The average Bonchev–Trinajstić information content (AvgIpc) is 2.52. The van der Waals surface area contributed by atoms with Crippen molar-refractivity contribution >= 4 is 0 Å². The molecule has 4 nitrogen and oxygen atoms in total. The van der Waals surface area contributed by atoms with Crippen molar-refractivity contribution in [1.82, 2.24) is 0 Å². The van der Waals surface area contributed by atoms with Crippen LogP contribution < -0.4 is 0 Å². The average molecular weight is 192 g/mol. The van der Waals surface area contributed by atoms with Gasteiger partial charge in [0, 0.05) is 0 Å². The van der Waals surface area contributed by atoms with Crippen LogP contribution in [0.4, 0.5) is 0 Å². The molecule has 0 saturated carbocycles. The van der Waals surface area contributed by atoms with E-state index in [9.17, 15) is 0 Å². The molecule has 0 spiro atoms. The smallest absolute Gasteiger partial charge is 0.157 e. The van der Waals surface area contributed by atoms with Crippen LogP contribution in [-0.2, 0) is 9.47 Å². The van der Waals surface area contributed by atoms with E-state index in [1.165, 1.54) is 6.92 Å². The van der Waals surface area contributed by atoms with Gasteiger partial charge in [-0.2, -0.15) is 0 Å². The van der Waals surface area contributed by atoms with E-state index in [0.717, 1.165) is 13.0 Å². The van der Waals surface area contributed by atoms with Crippen LogP contribution in [0.25, 0.3) is 0 Å². The molecule has 0 radical (unpaired) electrons. The molecule has 1 saturated heterocycles. The molecule has 3 atom stereocenters. The molecule has 0 amide bonds. The fourth-order valence-corrected chi connectivity index (χ4v) is 0.795. The Labute approximate surface area is 79.5 Å². The van der Waals surface area contributed by atoms with E-state index >= 15 is 0 Å². The summed E-state index contributed by atoms with van der Waals surface area (Å²) < 4.78 is 10.5. The Morgan fingerprint density at radius 2 is 2.08 bits per heavy atom. The second kappa shape index (κ2) is 7.26. The number of aliphatic hydroxyl groups is 2. The monoisotopic (exact) mass is 192 g/mol. The van der Waals surface area contributed by atoms with E-state index in [4.69, 9.17) is 19.7 Å². The zero-order valence-electron chi connectivity index (χ0n) is 8.56. The van der Waals surface area contributed by atoms with Gasteiger partial charge in [0.15, 0.2) is 6.29 Å². The SMILES string of the molecule is CC(O)CO.CCC1OCC(C)O1. The molecule has 0 aromatic carbocycles. The van der Waals surface area contributed by atoms with Crippen molar-refractivity contribution in [2.75, 3.05) is 13.2 Å². The van der Waals surface area contributed by atoms with Gasteiger partial charge in [0.2, 0.25) is 0 Å². The highest BCUT2D eigenvalue weighted by Crippen LogP contribution is 2.12. The van der Waals surface area contributed by atoms with Crippen LogP contribution in [0.3, 0.4) is 0 Å². The van der Waals surface area contributed by atoms with Gasteiger partial charge in [-0.05, 0) is 20.3 Å². The Balaban J connectivity index is 0.000000252. The maximum Gasteiger partial charge on any atom is 0.157 e. The largest absolute Gasteiger partial charge is 0.394 e. The fourth-order valence-electron chi connectivity index (χ4n) is 0.795. The Bertz CT molecular complexity index is 116. The van der Waals surface area contributed by atoms with Crippen LogP contribution in [0, 0.1) is 0 Å². The van der Waals surface area contributed by atoms with Gasteiger partial charge in [-0.15, -0.1) is 0 Å². The number of hydrogen-bond acceptors (Lipinski definition) is 4. The molecule has 1 aliphatic rings. The minimum Gasteiger partial charge on any atom is -0.394 e. The van der Waals surface area contributed by atoms with Gasteiger partial charge >= 0.3 is 0 Å². The van der Waals surface area contributed by atoms with E-state index in [1.54, 1.807) is 0 Å². The maximum absolute atomic E-state index is 8.11. The molecular formula is C9H20O4. The van der Waals surface area contributed by atoms with Crippen LogP contribution in [-0.4, -0.2) is 41.9 Å². The standard InChI is InChI=1S/C6H12O2.C3H8O2/c1-3-6-7-4-5(2)8-6;1-3(5)2-4/h5-6H,3-4H2,1-2H3;3-5H,2H2,1H3. The van der Waals surface area contributed by atoms with Gasteiger partial charge in [-0.3, -0.25) is 0 Å². The Kier molecular flexibility index (Phi) is 7.17. The number of rotatable bonds is 2. The van der Waals surface area contributed by atoms with Crippen LogP contribution >= 0.6 is 0 Å². The summed E-state index contributed by atoms with van der Waals surface area (Å²) in [6, 6.07) is 0. The number of hydrogen-bond donors (Lipinski definition) is 2. The summed E-state index contributed by atoms with van der Waals surface area (Å²) in [4.78, 5) is 0. The molecule has 0 aromatic heterocycles. The first-order valence-corrected chi connectivity index (χ1v) is 4.66. The summed E-state index contributed by atoms with van der Waals surface area (Å²) in [5.41, 5.74) is 0. The Morgan fingerprint density at radius 1 is 1.54 bits per heavy atom. The summed E-state index contributed by atoms with van der Waals surface area (Å²) in [6.45, 7) is 6.23. The predicted octanol–water partition coefficient (Wildman–Crippen LogP) is 0.517. The molecule has 4 heteroatoms. The molecule has 1 heterocycles. The third-order valence-electron chi connectivity index (χ3n) is 1.50. The van der Waals surface area contributed by atoms with Crippen molar-refractivity contribution in [2.45, 2.75) is 45.7 Å². The van der Waals surface area contributed by atoms with Crippen LogP contribution in [0.2, 0.25) is 0 Å². The normalized spacial score (nSPS) is 29.3. The lowest BCUT2D eigenvalue weighted by molar-refractivity contribution is -0.0557. The molecular weight excluding hydrogens is 172 g/mol. The lowest BCUT2D eigenvalue weighted by atomic mass is 10.4. The van der Waals surface area contributed by atoms with E-state index in [-0.39, 0.29) is 12.9 Å². The second-order valence-electron chi connectivity index (χ2n) is 3.15. The first kappa shape index (κ1) is 12.8. The van der Waals surface area contributed by atoms with Crippen LogP contribution in [0.15, 0.2) is 0 Å².